The van der Waals surface area contributed by atoms with Crippen LogP contribution in [-0.4, -0.2) is 12.4 Å². The summed E-state index contributed by atoms with van der Waals surface area (Å²) in [7, 11) is 0. The first-order valence-electron chi connectivity index (χ1n) is 7.93. The Morgan fingerprint density at radius 1 is 1.11 bits per heavy atom. The fourth-order valence-electron chi connectivity index (χ4n) is 3.21. The predicted octanol–water partition coefficient (Wildman–Crippen LogP) is 5.59. The van der Waals surface area contributed by atoms with Crippen LogP contribution in [0.3, 0.4) is 0 Å². The number of rotatable bonds is 8. The van der Waals surface area contributed by atoms with Gasteiger partial charge < -0.3 is 0 Å². The molecule has 1 heteroatoms. The summed E-state index contributed by atoms with van der Waals surface area (Å²) in [6.45, 7) is 21.2. The zero-order valence-electron chi connectivity index (χ0n) is 14.2. The Labute approximate surface area is 117 Å². The van der Waals surface area contributed by atoms with Gasteiger partial charge in [0.15, 0.2) is 0 Å². The van der Waals surface area contributed by atoms with E-state index < -0.39 is 0 Å². The van der Waals surface area contributed by atoms with Gasteiger partial charge in [-0.15, -0.1) is 0 Å². The molecule has 0 fully saturated rings. The summed E-state index contributed by atoms with van der Waals surface area (Å²) in [6.07, 6.45) is 6.53. The Morgan fingerprint density at radius 2 is 1.67 bits per heavy atom. The summed E-state index contributed by atoms with van der Waals surface area (Å²) in [5.41, 5.74) is 2.42. The maximum absolute atomic E-state index is 2.50. The van der Waals surface area contributed by atoms with Gasteiger partial charge in [-0.2, -0.15) is 0 Å². The minimum absolute atomic E-state index is 0.376. The van der Waals surface area contributed by atoms with E-state index in [1.54, 1.807) is 5.46 Å². The number of hydrogen-bond acceptors (Lipinski definition) is 0. The van der Waals surface area contributed by atoms with Crippen LogP contribution in [0.5, 0.6) is 0 Å². The first-order chi connectivity index (χ1) is 8.29. The average molecular weight is 250 g/mol. The molecule has 3 unspecified atom stereocenters. The second-order valence-corrected chi connectivity index (χ2v) is 6.76. The van der Waals surface area contributed by atoms with E-state index in [9.17, 15) is 0 Å². The van der Waals surface area contributed by atoms with E-state index in [-0.39, 0.29) is 0 Å². The molecule has 0 saturated heterocycles. The predicted molar refractivity (Wildman–Crippen MR) is 87.8 cm³/mol. The topological polar surface area (TPSA) is 0 Å². The van der Waals surface area contributed by atoms with Crippen molar-refractivity contribution in [1.82, 2.24) is 0 Å². The van der Waals surface area contributed by atoms with Gasteiger partial charge in [-0.05, 0) is 0 Å². The van der Waals surface area contributed by atoms with Gasteiger partial charge >= 0.3 is 117 Å². The monoisotopic (exact) mass is 250 g/mol. The SMILES string of the molecule is CB=C(C)C(C)(CC)CC(C)(CC)C(C)CCC. The van der Waals surface area contributed by atoms with E-state index in [1.165, 1.54) is 32.1 Å². The van der Waals surface area contributed by atoms with Gasteiger partial charge in [-0.1, -0.05) is 0 Å². The van der Waals surface area contributed by atoms with E-state index in [1.807, 2.05) is 0 Å². The molecule has 0 saturated carbocycles. The Kier molecular flexibility index (Phi) is 7.48. The maximum atomic E-state index is 2.50. The molecule has 0 aliphatic carbocycles. The molecule has 18 heavy (non-hydrogen) atoms. The molecule has 0 amide bonds. The summed E-state index contributed by atoms with van der Waals surface area (Å²) in [5, 5.41) is 0. The Hall–Kier alpha value is -0.0651. The fourth-order valence-corrected chi connectivity index (χ4v) is 3.21. The Morgan fingerprint density at radius 3 is 2.00 bits per heavy atom. The van der Waals surface area contributed by atoms with Crippen LogP contribution < -0.4 is 0 Å². The molecule has 0 N–H and O–H groups in total. The fraction of sp³-hybridized carbons (Fsp3) is 0.941. The van der Waals surface area contributed by atoms with Gasteiger partial charge in [0.2, 0.25) is 0 Å². The molecular formula is C17H35B. The van der Waals surface area contributed by atoms with Crippen molar-refractivity contribution in [2.75, 3.05) is 0 Å². The standard InChI is InChI=1S/C17H35B/c1-9-12-14(4)16(6,10-2)13-17(7,11-3)15(5)18-8/h14H,9-13H2,1-8H3. The molecule has 0 aromatic heterocycles. The second-order valence-electron chi connectivity index (χ2n) is 6.76. The van der Waals surface area contributed by atoms with Gasteiger partial charge in [-0.25, -0.2) is 0 Å². The summed E-state index contributed by atoms with van der Waals surface area (Å²) in [6, 6.07) is 0. The van der Waals surface area contributed by atoms with Crippen LogP contribution in [0, 0.1) is 16.7 Å². The molecule has 0 aliphatic heterocycles. The van der Waals surface area contributed by atoms with Crippen molar-refractivity contribution in [2.24, 2.45) is 16.7 Å². The zero-order chi connectivity index (χ0) is 14.4. The zero-order valence-corrected chi connectivity index (χ0v) is 14.2. The van der Waals surface area contributed by atoms with Crippen LogP contribution in [0.25, 0.3) is 0 Å². The van der Waals surface area contributed by atoms with Gasteiger partial charge in [0, 0.05) is 0 Å². The third-order valence-corrected chi connectivity index (χ3v) is 5.68. The van der Waals surface area contributed by atoms with E-state index in [4.69, 9.17) is 0 Å². The molecule has 106 valence electrons. The molecule has 3 atom stereocenters. The van der Waals surface area contributed by atoms with Crippen molar-refractivity contribution in [1.29, 1.82) is 0 Å². The third kappa shape index (κ3) is 4.25. The molecular weight excluding hydrogens is 215 g/mol. The Balaban J connectivity index is 5.09. The van der Waals surface area contributed by atoms with Gasteiger partial charge in [0.1, 0.15) is 0 Å². The summed E-state index contributed by atoms with van der Waals surface area (Å²) in [4.78, 5) is 0. The molecule has 0 heterocycles. The van der Waals surface area contributed by atoms with E-state index in [0.29, 0.717) is 10.8 Å². The third-order valence-electron chi connectivity index (χ3n) is 5.68. The van der Waals surface area contributed by atoms with Crippen LogP contribution in [0.1, 0.15) is 80.6 Å². The van der Waals surface area contributed by atoms with Crippen molar-refractivity contribution in [3.05, 3.63) is 0 Å². The quantitative estimate of drug-likeness (QED) is 0.492. The van der Waals surface area contributed by atoms with Crippen LogP contribution in [0.2, 0.25) is 6.82 Å². The number of hydrogen-bond donors (Lipinski definition) is 0. The van der Waals surface area contributed by atoms with Gasteiger partial charge in [0.05, 0.1) is 0 Å². The second kappa shape index (κ2) is 7.51. The molecule has 0 aromatic carbocycles. The summed E-state index contributed by atoms with van der Waals surface area (Å²) >= 11 is 0. The molecule has 0 aromatic rings. The molecule has 0 bridgehead atoms. The van der Waals surface area contributed by atoms with Crippen LogP contribution in [0.15, 0.2) is 0 Å². The molecule has 0 aliphatic rings. The molecule has 0 rings (SSSR count). The van der Waals surface area contributed by atoms with Gasteiger partial charge in [0.25, 0.3) is 0 Å². The van der Waals surface area contributed by atoms with Crippen LogP contribution in [0.4, 0.5) is 0 Å². The van der Waals surface area contributed by atoms with Gasteiger partial charge in [-0.3, -0.25) is 0 Å². The summed E-state index contributed by atoms with van der Waals surface area (Å²) < 4.78 is 0. The normalized spacial score (nSPS) is 20.8. The van der Waals surface area contributed by atoms with Crippen molar-refractivity contribution < 1.29 is 0 Å². The van der Waals surface area contributed by atoms with E-state index in [0.717, 1.165) is 5.92 Å². The van der Waals surface area contributed by atoms with E-state index >= 15 is 0 Å². The van der Waals surface area contributed by atoms with E-state index in [2.05, 4.69) is 62.2 Å². The molecule has 0 nitrogen and oxygen atoms in total. The average Bonchev–Trinajstić information content (AvgIpc) is 2.37. The first kappa shape index (κ1) is 17.9. The van der Waals surface area contributed by atoms with Crippen molar-refractivity contribution in [3.8, 4) is 0 Å². The van der Waals surface area contributed by atoms with Crippen LogP contribution in [-0.2, 0) is 0 Å². The minimum atomic E-state index is 0.376. The molecule has 0 radical (unpaired) electrons. The molecule has 0 spiro atoms. The van der Waals surface area contributed by atoms with Crippen LogP contribution >= 0.6 is 0 Å². The first-order valence-corrected chi connectivity index (χ1v) is 7.93. The summed E-state index contributed by atoms with van der Waals surface area (Å²) in [5.74, 6) is 0.822. The van der Waals surface area contributed by atoms with Crippen molar-refractivity contribution in [2.45, 2.75) is 87.4 Å². The van der Waals surface area contributed by atoms with Crippen molar-refractivity contribution >= 4 is 12.4 Å². The van der Waals surface area contributed by atoms with Crippen molar-refractivity contribution in [3.63, 3.8) is 0 Å². The Bertz CT molecular complexity index is 269.